The van der Waals surface area contributed by atoms with E-state index in [4.69, 9.17) is 0 Å². The summed E-state index contributed by atoms with van der Waals surface area (Å²) in [7, 11) is 0. The molecule has 86 valence electrons. The number of aliphatic hydroxyl groups is 1. The number of rotatable bonds is 6. The van der Waals surface area contributed by atoms with Gasteiger partial charge in [-0.15, -0.1) is 11.3 Å². The van der Waals surface area contributed by atoms with Crippen molar-refractivity contribution in [3.8, 4) is 0 Å². The fraction of sp³-hybridized carbons (Fsp3) is 0.727. The van der Waals surface area contributed by atoms with E-state index in [2.05, 4.69) is 36.5 Å². The normalized spacial score (nSPS) is 13.1. The van der Waals surface area contributed by atoms with Crippen molar-refractivity contribution in [2.75, 3.05) is 11.9 Å². The molecule has 0 spiro atoms. The van der Waals surface area contributed by atoms with Crippen LogP contribution >= 0.6 is 11.3 Å². The smallest absolute Gasteiger partial charge is 0.183 e. The number of aryl methyl sites for hydroxylation is 1. The van der Waals surface area contributed by atoms with E-state index >= 15 is 0 Å². The lowest BCUT2D eigenvalue weighted by molar-refractivity contribution is 0.259. The lowest BCUT2D eigenvalue weighted by Gasteiger charge is -2.17. The maximum absolute atomic E-state index is 9.21. The zero-order chi connectivity index (χ0) is 11.3. The number of aliphatic hydroxyl groups excluding tert-OH is 1. The van der Waals surface area contributed by atoms with Crippen LogP contribution in [0, 0.1) is 5.92 Å². The van der Waals surface area contributed by atoms with Gasteiger partial charge >= 0.3 is 0 Å². The highest BCUT2D eigenvalue weighted by atomic mass is 32.1. The average molecular weight is 228 g/mol. The lowest BCUT2D eigenvalue weighted by Crippen LogP contribution is -2.25. The van der Waals surface area contributed by atoms with Gasteiger partial charge in [-0.2, -0.15) is 0 Å². The van der Waals surface area contributed by atoms with Crippen molar-refractivity contribution in [1.29, 1.82) is 0 Å². The molecule has 1 heterocycles. The summed E-state index contributed by atoms with van der Waals surface area (Å²) < 4.78 is 0. The maximum Gasteiger partial charge on any atom is 0.183 e. The number of aromatic nitrogens is 1. The Balaban J connectivity index is 2.50. The van der Waals surface area contributed by atoms with Crippen molar-refractivity contribution in [1.82, 2.24) is 4.98 Å². The summed E-state index contributed by atoms with van der Waals surface area (Å²) in [6.45, 7) is 6.57. The van der Waals surface area contributed by atoms with Crippen LogP contribution in [0.2, 0.25) is 0 Å². The third-order valence-electron chi connectivity index (χ3n) is 2.22. The second kappa shape index (κ2) is 6.08. The van der Waals surface area contributed by atoms with Crippen LogP contribution in [-0.4, -0.2) is 22.7 Å². The summed E-state index contributed by atoms with van der Waals surface area (Å²) in [5.41, 5.74) is 1.11. The van der Waals surface area contributed by atoms with Gasteiger partial charge in [0.05, 0.1) is 18.3 Å². The second-order valence-electron chi connectivity index (χ2n) is 4.15. The van der Waals surface area contributed by atoms with Crippen LogP contribution in [-0.2, 0) is 6.42 Å². The van der Waals surface area contributed by atoms with Gasteiger partial charge in [-0.1, -0.05) is 20.8 Å². The average Bonchev–Trinajstić information content (AvgIpc) is 2.64. The van der Waals surface area contributed by atoms with Crippen molar-refractivity contribution < 1.29 is 5.11 Å². The molecule has 1 aromatic rings. The summed E-state index contributed by atoms with van der Waals surface area (Å²) in [6.07, 6.45) is 1.93. The van der Waals surface area contributed by atoms with E-state index in [1.807, 2.05) is 0 Å². The van der Waals surface area contributed by atoms with E-state index in [1.165, 1.54) is 0 Å². The SMILES string of the molecule is CCc1csc(NC(CO)CC(C)C)n1. The second-order valence-corrected chi connectivity index (χ2v) is 5.01. The van der Waals surface area contributed by atoms with Crippen molar-refractivity contribution in [3.63, 3.8) is 0 Å². The molecule has 0 saturated heterocycles. The monoisotopic (exact) mass is 228 g/mol. The largest absolute Gasteiger partial charge is 0.394 e. The van der Waals surface area contributed by atoms with E-state index < -0.39 is 0 Å². The van der Waals surface area contributed by atoms with E-state index in [0.717, 1.165) is 23.7 Å². The Hall–Kier alpha value is -0.610. The molecular formula is C11H20N2OS. The molecule has 0 aliphatic heterocycles. The summed E-state index contributed by atoms with van der Waals surface area (Å²) >= 11 is 1.61. The molecule has 1 atom stereocenters. The molecule has 15 heavy (non-hydrogen) atoms. The van der Waals surface area contributed by atoms with E-state index in [1.54, 1.807) is 11.3 Å². The van der Waals surface area contributed by atoms with Gasteiger partial charge in [-0.05, 0) is 18.8 Å². The maximum atomic E-state index is 9.21. The molecule has 1 aromatic heterocycles. The molecule has 0 radical (unpaired) electrons. The molecule has 0 amide bonds. The van der Waals surface area contributed by atoms with Crippen LogP contribution in [0.5, 0.6) is 0 Å². The molecule has 0 fully saturated rings. The number of nitrogens with one attached hydrogen (secondary N) is 1. The Morgan fingerprint density at radius 1 is 1.53 bits per heavy atom. The molecule has 0 bridgehead atoms. The first-order valence-corrected chi connectivity index (χ1v) is 6.35. The Kier molecular flexibility index (Phi) is 5.05. The number of anilines is 1. The fourth-order valence-corrected chi connectivity index (χ4v) is 2.33. The first-order chi connectivity index (χ1) is 7.15. The summed E-state index contributed by atoms with van der Waals surface area (Å²) in [5.74, 6) is 0.584. The Morgan fingerprint density at radius 2 is 2.27 bits per heavy atom. The summed E-state index contributed by atoms with van der Waals surface area (Å²) in [5, 5.41) is 15.5. The van der Waals surface area contributed by atoms with E-state index in [0.29, 0.717) is 5.92 Å². The minimum Gasteiger partial charge on any atom is -0.394 e. The van der Waals surface area contributed by atoms with Gasteiger partial charge in [-0.3, -0.25) is 0 Å². The van der Waals surface area contributed by atoms with Gasteiger partial charge in [0.15, 0.2) is 5.13 Å². The number of nitrogens with zero attached hydrogens (tertiary/aromatic N) is 1. The zero-order valence-corrected chi connectivity index (χ0v) is 10.5. The standard InChI is InChI=1S/C11H20N2OS/c1-4-9-7-15-11(12-9)13-10(6-14)5-8(2)3/h7-8,10,14H,4-6H2,1-3H3,(H,12,13). The molecule has 3 nitrogen and oxygen atoms in total. The minimum atomic E-state index is 0.126. The highest BCUT2D eigenvalue weighted by Crippen LogP contribution is 2.18. The van der Waals surface area contributed by atoms with Gasteiger partial charge < -0.3 is 10.4 Å². The molecule has 1 rings (SSSR count). The molecule has 4 heteroatoms. The van der Waals surface area contributed by atoms with Gasteiger partial charge in [-0.25, -0.2) is 4.98 Å². The van der Waals surface area contributed by atoms with Gasteiger partial charge in [0.1, 0.15) is 0 Å². The minimum absolute atomic E-state index is 0.126. The quantitative estimate of drug-likeness (QED) is 0.786. The predicted molar refractivity (Wildman–Crippen MR) is 65.4 cm³/mol. The van der Waals surface area contributed by atoms with Gasteiger partial charge in [0.25, 0.3) is 0 Å². The highest BCUT2D eigenvalue weighted by molar-refractivity contribution is 7.13. The predicted octanol–water partition coefficient (Wildman–Crippen LogP) is 2.52. The summed E-state index contributed by atoms with van der Waals surface area (Å²) in [6, 6.07) is 0.126. The van der Waals surface area contributed by atoms with Crippen molar-refractivity contribution >= 4 is 16.5 Å². The van der Waals surface area contributed by atoms with Gasteiger partial charge in [0.2, 0.25) is 0 Å². The van der Waals surface area contributed by atoms with Crippen LogP contribution in [0.15, 0.2) is 5.38 Å². The Morgan fingerprint density at radius 3 is 2.73 bits per heavy atom. The van der Waals surface area contributed by atoms with Gasteiger partial charge in [0, 0.05) is 5.38 Å². The Bertz CT molecular complexity index is 286. The number of hydrogen-bond acceptors (Lipinski definition) is 4. The number of thiazole rings is 1. The first-order valence-electron chi connectivity index (χ1n) is 5.47. The van der Waals surface area contributed by atoms with Crippen molar-refractivity contribution in [3.05, 3.63) is 11.1 Å². The van der Waals surface area contributed by atoms with Crippen LogP contribution in [0.1, 0.15) is 32.9 Å². The first kappa shape index (κ1) is 12.5. The van der Waals surface area contributed by atoms with Crippen molar-refractivity contribution in [2.24, 2.45) is 5.92 Å². The molecular weight excluding hydrogens is 208 g/mol. The highest BCUT2D eigenvalue weighted by Gasteiger charge is 2.11. The fourth-order valence-electron chi connectivity index (χ4n) is 1.46. The van der Waals surface area contributed by atoms with Crippen molar-refractivity contribution in [2.45, 2.75) is 39.7 Å². The molecule has 1 unspecified atom stereocenters. The molecule has 0 aromatic carbocycles. The van der Waals surface area contributed by atoms with Crippen LogP contribution in [0.25, 0.3) is 0 Å². The third-order valence-corrected chi connectivity index (χ3v) is 3.04. The molecule has 0 saturated carbocycles. The lowest BCUT2D eigenvalue weighted by atomic mass is 10.0. The zero-order valence-electron chi connectivity index (χ0n) is 9.66. The summed E-state index contributed by atoms with van der Waals surface area (Å²) in [4.78, 5) is 4.42. The third kappa shape index (κ3) is 4.18. The Labute approximate surface area is 95.6 Å². The molecule has 0 aliphatic carbocycles. The van der Waals surface area contributed by atoms with Crippen LogP contribution in [0.4, 0.5) is 5.13 Å². The number of hydrogen-bond donors (Lipinski definition) is 2. The van der Waals surface area contributed by atoms with Crippen LogP contribution in [0.3, 0.4) is 0 Å². The topological polar surface area (TPSA) is 45.1 Å². The molecule has 2 N–H and O–H groups in total. The van der Waals surface area contributed by atoms with E-state index in [9.17, 15) is 5.11 Å². The molecule has 0 aliphatic rings. The van der Waals surface area contributed by atoms with Crippen LogP contribution < -0.4 is 5.32 Å². The van der Waals surface area contributed by atoms with E-state index in [-0.39, 0.29) is 12.6 Å².